The summed E-state index contributed by atoms with van der Waals surface area (Å²) in [6.45, 7) is 1.05. The van der Waals surface area contributed by atoms with E-state index in [-0.39, 0.29) is 0 Å². The van der Waals surface area contributed by atoms with Gasteiger partial charge in [0.25, 0.3) is 0 Å². The molecule has 0 bridgehead atoms. The van der Waals surface area contributed by atoms with Gasteiger partial charge in [0.15, 0.2) is 0 Å². The van der Waals surface area contributed by atoms with Crippen LogP contribution in [0.5, 0.6) is 5.75 Å². The Kier molecular flexibility index (Phi) is 5.26. The third-order valence-corrected chi connectivity index (χ3v) is 5.41. The zero-order valence-electron chi connectivity index (χ0n) is 9.25. The first-order chi connectivity index (χ1) is 8.61. The smallest absolute Gasteiger partial charge is 0.148 e. The summed E-state index contributed by atoms with van der Waals surface area (Å²) in [7, 11) is 0. The van der Waals surface area contributed by atoms with Crippen LogP contribution in [0.1, 0.15) is 10.4 Å². The molecule has 0 spiro atoms. The molecule has 0 aliphatic heterocycles. The number of hydrogen-bond acceptors (Lipinski definition) is 3. The average Bonchev–Trinajstić information content (AvgIpc) is 2.73. The van der Waals surface area contributed by atoms with E-state index >= 15 is 0 Å². The average molecular weight is 456 g/mol. The standard InChI is InChI=1S/C12H10Br3NOS/c13-8-1-2-18-11(8)6-17-12-9(14)3-7(5-16)4-10(12)15/h1-4H,5-6,16H2. The predicted molar refractivity (Wildman–Crippen MR) is 86.1 cm³/mol. The van der Waals surface area contributed by atoms with E-state index in [1.54, 1.807) is 11.3 Å². The number of benzene rings is 1. The second-order valence-corrected chi connectivity index (χ2v) is 7.14. The van der Waals surface area contributed by atoms with Crippen LogP contribution in [0.25, 0.3) is 0 Å². The highest BCUT2D eigenvalue weighted by Gasteiger charge is 2.10. The van der Waals surface area contributed by atoms with Crippen LogP contribution in [0.4, 0.5) is 0 Å². The van der Waals surface area contributed by atoms with Crippen molar-refractivity contribution in [3.8, 4) is 5.75 Å². The summed E-state index contributed by atoms with van der Waals surface area (Å²) < 4.78 is 8.73. The molecule has 1 aromatic carbocycles. The van der Waals surface area contributed by atoms with Gasteiger partial charge in [-0.25, -0.2) is 0 Å². The van der Waals surface area contributed by atoms with Gasteiger partial charge in [-0.15, -0.1) is 11.3 Å². The van der Waals surface area contributed by atoms with Gasteiger partial charge in [0.1, 0.15) is 12.4 Å². The van der Waals surface area contributed by atoms with Crippen LogP contribution >= 0.6 is 59.1 Å². The molecular formula is C12H10Br3NOS. The molecule has 0 fully saturated rings. The minimum absolute atomic E-state index is 0.508. The third-order valence-electron chi connectivity index (χ3n) is 2.33. The van der Waals surface area contributed by atoms with Crippen molar-refractivity contribution in [3.05, 3.63) is 47.4 Å². The molecule has 2 rings (SSSR count). The molecule has 0 saturated carbocycles. The molecule has 1 heterocycles. The molecule has 0 unspecified atom stereocenters. The fraction of sp³-hybridized carbons (Fsp3) is 0.167. The molecule has 0 aliphatic carbocycles. The molecule has 2 aromatic rings. The van der Waals surface area contributed by atoms with Gasteiger partial charge in [0.05, 0.1) is 13.8 Å². The third kappa shape index (κ3) is 3.36. The van der Waals surface area contributed by atoms with Gasteiger partial charge in [-0.1, -0.05) is 0 Å². The maximum atomic E-state index is 5.84. The van der Waals surface area contributed by atoms with Crippen molar-refractivity contribution in [1.29, 1.82) is 0 Å². The topological polar surface area (TPSA) is 35.2 Å². The van der Waals surface area contributed by atoms with E-state index in [4.69, 9.17) is 10.5 Å². The van der Waals surface area contributed by atoms with Gasteiger partial charge in [-0.3, -0.25) is 0 Å². The number of rotatable bonds is 4. The summed E-state index contributed by atoms with van der Waals surface area (Å²) in [5, 5.41) is 2.03. The van der Waals surface area contributed by atoms with Gasteiger partial charge >= 0.3 is 0 Å². The van der Waals surface area contributed by atoms with E-state index in [0.717, 1.165) is 29.6 Å². The van der Waals surface area contributed by atoms with Crippen molar-refractivity contribution in [2.45, 2.75) is 13.2 Å². The van der Waals surface area contributed by atoms with E-state index in [1.807, 2.05) is 23.6 Å². The zero-order valence-corrected chi connectivity index (χ0v) is 14.8. The van der Waals surface area contributed by atoms with Gasteiger partial charge in [0.2, 0.25) is 0 Å². The van der Waals surface area contributed by atoms with Crippen LogP contribution in [0.15, 0.2) is 37.0 Å². The van der Waals surface area contributed by atoms with Crippen LogP contribution in [0.3, 0.4) is 0 Å². The number of thiophene rings is 1. The molecule has 0 saturated heterocycles. The maximum Gasteiger partial charge on any atom is 0.148 e. The molecule has 6 heteroatoms. The summed E-state index contributed by atoms with van der Waals surface area (Å²) >= 11 is 12.2. The fourth-order valence-corrected chi connectivity index (χ4v) is 4.32. The second kappa shape index (κ2) is 6.52. The first kappa shape index (κ1) is 14.5. The van der Waals surface area contributed by atoms with Crippen LogP contribution < -0.4 is 10.5 Å². The Balaban J connectivity index is 2.17. The van der Waals surface area contributed by atoms with Crippen molar-refractivity contribution in [2.75, 3.05) is 0 Å². The summed E-state index contributed by atoms with van der Waals surface area (Å²) in [5.41, 5.74) is 6.68. The van der Waals surface area contributed by atoms with Crippen LogP contribution in [-0.4, -0.2) is 0 Å². The Bertz CT molecular complexity index is 533. The highest BCUT2D eigenvalue weighted by atomic mass is 79.9. The number of nitrogens with two attached hydrogens (primary N) is 1. The first-order valence-corrected chi connectivity index (χ1v) is 8.40. The van der Waals surface area contributed by atoms with Crippen molar-refractivity contribution in [3.63, 3.8) is 0 Å². The molecule has 0 aliphatic rings. The van der Waals surface area contributed by atoms with Crippen molar-refractivity contribution in [1.82, 2.24) is 0 Å². The second-order valence-electron chi connectivity index (χ2n) is 3.57. The molecule has 1 aromatic heterocycles. The molecule has 18 heavy (non-hydrogen) atoms. The van der Waals surface area contributed by atoms with Crippen LogP contribution in [0, 0.1) is 0 Å². The van der Waals surface area contributed by atoms with Crippen molar-refractivity contribution >= 4 is 59.1 Å². The molecule has 0 radical (unpaired) electrons. The minimum atomic E-state index is 0.508. The van der Waals surface area contributed by atoms with Gasteiger partial charge < -0.3 is 10.5 Å². The lowest BCUT2D eigenvalue weighted by atomic mass is 10.2. The Hall–Kier alpha value is 0.120. The summed E-state index contributed by atoms with van der Waals surface area (Å²) in [6, 6.07) is 5.97. The van der Waals surface area contributed by atoms with E-state index in [0.29, 0.717) is 13.2 Å². The van der Waals surface area contributed by atoms with E-state index in [1.165, 1.54) is 0 Å². The molecule has 2 nitrogen and oxygen atoms in total. The van der Waals surface area contributed by atoms with E-state index in [9.17, 15) is 0 Å². The Labute approximate surface area is 135 Å². The predicted octanol–water partition coefficient (Wildman–Crippen LogP) is 5.07. The summed E-state index contributed by atoms with van der Waals surface area (Å²) in [5.74, 6) is 0.799. The molecule has 0 atom stereocenters. The normalized spacial score (nSPS) is 10.7. The zero-order chi connectivity index (χ0) is 13.1. The first-order valence-electron chi connectivity index (χ1n) is 5.14. The monoisotopic (exact) mass is 453 g/mol. The lowest BCUT2D eigenvalue weighted by Gasteiger charge is -2.11. The molecule has 96 valence electrons. The van der Waals surface area contributed by atoms with Crippen molar-refractivity contribution < 1.29 is 4.74 Å². The highest BCUT2D eigenvalue weighted by Crippen LogP contribution is 2.36. The summed E-state index contributed by atoms with van der Waals surface area (Å²) in [4.78, 5) is 1.16. The van der Waals surface area contributed by atoms with E-state index < -0.39 is 0 Å². The van der Waals surface area contributed by atoms with Crippen LogP contribution in [-0.2, 0) is 13.2 Å². The minimum Gasteiger partial charge on any atom is -0.486 e. The lowest BCUT2D eigenvalue weighted by molar-refractivity contribution is 0.305. The van der Waals surface area contributed by atoms with Gasteiger partial charge in [-0.2, -0.15) is 0 Å². The van der Waals surface area contributed by atoms with Crippen LogP contribution in [0.2, 0.25) is 0 Å². The summed E-state index contributed by atoms with van der Waals surface area (Å²) in [6.07, 6.45) is 0. The molecule has 0 amide bonds. The van der Waals surface area contributed by atoms with Gasteiger partial charge in [0, 0.05) is 11.0 Å². The SMILES string of the molecule is NCc1cc(Br)c(OCc2sccc2Br)c(Br)c1. The fourth-order valence-electron chi connectivity index (χ4n) is 1.43. The van der Waals surface area contributed by atoms with Gasteiger partial charge in [-0.05, 0) is 76.9 Å². The maximum absolute atomic E-state index is 5.84. The number of hydrogen-bond donors (Lipinski definition) is 1. The molecular weight excluding hydrogens is 446 g/mol. The Morgan fingerprint density at radius 1 is 1.11 bits per heavy atom. The van der Waals surface area contributed by atoms with Crippen molar-refractivity contribution in [2.24, 2.45) is 5.73 Å². The Morgan fingerprint density at radius 3 is 2.28 bits per heavy atom. The Morgan fingerprint density at radius 2 is 1.78 bits per heavy atom. The van der Waals surface area contributed by atoms with E-state index in [2.05, 4.69) is 47.8 Å². The largest absolute Gasteiger partial charge is 0.486 e. The number of halogens is 3. The quantitative estimate of drug-likeness (QED) is 0.698. The lowest BCUT2D eigenvalue weighted by Crippen LogP contribution is -1.99. The molecule has 2 N–H and O–H groups in total. The highest BCUT2D eigenvalue weighted by molar-refractivity contribution is 9.11. The number of ether oxygens (including phenoxy) is 1.